The Hall–Kier alpha value is -1.52. The molecule has 0 amide bonds. The van der Waals surface area contributed by atoms with E-state index < -0.39 is 0 Å². The number of nitrogens with zero attached hydrogens (tertiary/aromatic N) is 2. The number of nitrogens with one attached hydrogen (secondary N) is 1. The molecule has 5 nitrogen and oxygen atoms in total. The quantitative estimate of drug-likeness (QED) is 0.696. The normalized spacial score (nSPS) is 12.8. The zero-order valence-corrected chi connectivity index (χ0v) is 9.49. The fraction of sp³-hybridized carbons (Fsp3) is 0.600. The van der Waals surface area contributed by atoms with Crippen LogP contribution in [0, 0.1) is 11.8 Å². The molecule has 1 rings (SSSR count). The zero-order chi connectivity index (χ0) is 11.4. The maximum Gasteiger partial charge on any atom is 0.223 e. The third kappa shape index (κ3) is 3.61. The Kier molecular flexibility index (Phi) is 3.71. The molecular formula is C10H19N5. The molecule has 1 unspecified atom stereocenters. The summed E-state index contributed by atoms with van der Waals surface area (Å²) in [6.45, 7) is 7.42. The summed E-state index contributed by atoms with van der Waals surface area (Å²) in [6, 6.07) is 1.68. The minimum Gasteiger partial charge on any atom is -0.383 e. The Morgan fingerprint density at radius 3 is 2.47 bits per heavy atom. The molecule has 1 heterocycles. The number of hydrogen-bond acceptors (Lipinski definition) is 5. The van der Waals surface area contributed by atoms with Gasteiger partial charge in [-0.15, -0.1) is 0 Å². The van der Waals surface area contributed by atoms with Gasteiger partial charge in [0.15, 0.2) is 0 Å². The molecule has 5 N–H and O–H groups in total. The lowest BCUT2D eigenvalue weighted by Crippen LogP contribution is -2.17. The first kappa shape index (κ1) is 11.6. The van der Waals surface area contributed by atoms with Crippen LogP contribution in [0.3, 0.4) is 0 Å². The maximum atomic E-state index is 5.55. The molecule has 0 aliphatic rings. The van der Waals surface area contributed by atoms with Crippen LogP contribution in [0.15, 0.2) is 6.07 Å². The van der Waals surface area contributed by atoms with Crippen LogP contribution in [0.5, 0.6) is 0 Å². The highest BCUT2D eigenvalue weighted by Crippen LogP contribution is 2.13. The van der Waals surface area contributed by atoms with Crippen molar-refractivity contribution in [1.29, 1.82) is 0 Å². The first-order valence-electron chi connectivity index (χ1n) is 5.13. The summed E-state index contributed by atoms with van der Waals surface area (Å²) in [6.07, 6.45) is 0. The molecule has 0 saturated carbocycles. The lowest BCUT2D eigenvalue weighted by Gasteiger charge is -2.16. The fourth-order valence-electron chi connectivity index (χ4n) is 1.08. The molecular weight excluding hydrogens is 190 g/mol. The number of anilines is 3. The Labute approximate surface area is 90.3 Å². The van der Waals surface area contributed by atoms with Gasteiger partial charge in [-0.05, 0) is 11.8 Å². The van der Waals surface area contributed by atoms with E-state index in [0.717, 1.165) is 6.54 Å². The van der Waals surface area contributed by atoms with Crippen LogP contribution in [0.4, 0.5) is 17.6 Å². The van der Waals surface area contributed by atoms with E-state index >= 15 is 0 Å². The van der Waals surface area contributed by atoms with Gasteiger partial charge in [-0.1, -0.05) is 20.8 Å². The zero-order valence-electron chi connectivity index (χ0n) is 9.49. The summed E-state index contributed by atoms with van der Waals surface area (Å²) >= 11 is 0. The number of hydrogen-bond donors (Lipinski definition) is 3. The topological polar surface area (TPSA) is 89.8 Å². The van der Waals surface area contributed by atoms with Crippen molar-refractivity contribution in [2.75, 3.05) is 23.3 Å². The van der Waals surface area contributed by atoms with Crippen LogP contribution in [0.1, 0.15) is 20.8 Å². The van der Waals surface area contributed by atoms with E-state index in [2.05, 4.69) is 36.1 Å². The lowest BCUT2D eigenvalue weighted by atomic mass is 9.98. The van der Waals surface area contributed by atoms with Gasteiger partial charge >= 0.3 is 0 Å². The Morgan fingerprint density at radius 1 is 1.27 bits per heavy atom. The largest absolute Gasteiger partial charge is 0.383 e. The van der Waals surface area contributed by atoms with Gasteiger partial charge in [0.05, 0.1) is 0 Å². The van der Waals surface area contributed by atoms with Crippen LogP contribution in [0.2, 0.25) is 0 Å². The van der Waals surface area contributed by atoms with E-state index in [0.29, 0.717) is 23.5 Å². The second-order valence-corrected chi connectivity index (χ2v) is 4.14. The van der Waals surface area contributed by atoms with Crippen molar-refractivity contribution in [3.8, 4) is 0 Å². The lowest BCUT2D eigenvalue weighted by molar-refractivity contribution is 0.439. The van der Waals surface area contributed by atoms with Crippen molar-refractivity contribution in [2.45, 2.75) is 20.8 Å². The molecule has 0 radical (unpaired) electrons. The highest BCUT2D eigenvalue weighted by molar-refractivity contribution is 5.48. The van der Waals surface area contributed by atoms with Crippen LogP contribution < -0.4 is 16.8 Å². The molecule has 15 heavy (non-hydrogen) atoms. The van der Waals surface area contributed by atoms with Crippen molar-refractivity contribution >= 4 is 17.6 Å². The summed E-state index contributed by atoms with van der Waals surface area (Å²) in [4.78, 5) is 7.84. The van der Waals surface area contributed by atoms with Crippen LogP contribution >= 0.6 is 0 Å². The van der Waals surface area contributed by atoms with E-state index in [1.54, 1.807) is 6.07 Å². The number of nitrogen functional groups attached to an aromatic ring is 2. The molecule has 0 aliphatic heterocycles. The van der Waals surface area contributed by atoms with E-state index in [9.17, 15) is 0 Å². The second-order valence-electron chi connectivity index (χ2n) is 4.14. The average Bonchev–Trinajstić information content (AvgIpc) is 2.12. The third-order valence-corrected chi connectivity index (χ3v) is 2.51. The molecule has 1 aromatic rings. The standard InChI is InChI=1S/C10H19N5/c1-6(2)7(3)5-13-9-4-8(11)14-10(12)15-9/h4,6-7H,5H2,1-3H3,(H5,11,12,13,14,15). The molecule has 1 atom stereocenters. The minimum atomic E-state index is 0.203. The van der Waals surface area contributed by atoms with Crippen LogP contribution in [-0.2, 0) is 0 Å². The number of nitrogens with two attached hydrogens (primary N) is 2. The van der Waals surface area contributed by atoms with Crippen molar-refractivity contribution < 1.29 is 0 Å². The van der Waals surface area contributed by atoms with Crippen molar-refractivity contribution in [1.82, 2.24) is 9.97 Å². The Bertz CT molecular complexity index is 303. The Morgan fingerprint density at radius 2 is 1.93 bits per heavy atom. The van der Waals surface area contributed by atoms with Crippen molar-refractivity contribution in [2.24, 2.45) is 11.8 Å². The third-order valence-electron chi connectivity index (χ3n) is 2.51. The Balaban J connectivity index is 2.57. The molecule has 0 fully saturated rings. The van der Waals surface area contributed by atoms with E-state index in [1.165, 1.54) is 0 Å². The van der Waals surface area contributed by atoms with E-state index in [1.807, 2.05) is 0 Å². The second kappa shape index (κ2) is 4.82. The highest BCUT2D eigenvalue weighted by Gasteiger charge is 2.07. The molecule has 0 spiro atoms. The predicted molar refractivity (Wildman–Crippen MR) is 63.3 cm³/mol. The van der Waals surface area contributed by atoms with E-state index in [4.69, 9.17) is 11.5 Å². The number of rotatable bonds is 4. The highest BCUT2D eigenvalue weighted by atomic mass is 15.1. The molecule has 0 aliphatic carbocycles. The monoisotopic (exact) mass is 209 g/mol. The summed E-state index contributed by atoms with van der Waals surface area (Å²) in [5, 5.41) is 3.20. The maximum absolute atomic E-state index is 5.55. The molecule has 0 aromatic carbocycles. The van der Waals surface area contributed by atoms with Gasteiger partial charge < -0.3 is 16.8 Å². The molecule has 0 bridgehead atoms. The summed E-state index contributed by atoms with van der Waals surface area (Å²) < 4.78 is 0. The van der Waals surface area contributed by atoms with Gasteiger partial charge in [0.25, 0.3) is 0 Å². The van der Waals surface area contributed by atoms with Gasteiger partial charge in [0.2, 0.25) is 5.95 Å². The molecule has 0 saturated heterocycles. The summed E-state index contributed by atoms with van der Waals surface area (Å²) in [5.41, 5.74) is 11.0. The predicted octanol–water partition coefficient (Wildman–Crippen LogP) is 1.34. The first-order valence-corrected chi connectivity index (χ1v) is 5.13. The fourth-order valence-corrected chi connectivity index (χ4v) is 1.08. The average molecular weight is 209 g/mol. The van der Waals surface area contributed by atoms with Gasteiger partial charge in [0.1, 0.15) is 11.6 Å². The van der Waals surface area contributed by atoms with Gasteiger partial charge in [-0.2, -0.15) is 9.97 Å². The molecule has 5 heteroatoms. The molecule has 84 valence electrons. The first-order chi connectivity index (χ1) is 6.99. The number of aromatic nitrogens is 2. The van der Waals surface area contributed by atoms with Crippen molar-refractivity contribution in [3.63, 3.8) is 0 Å². The van der Waals surface area contributed by atoms with Gasteiger partial charge in [-0.3, -0.25) is 0 Å². The summed E-state index contributed by atoms with van der Waals surface area (Å²) in [7, 11) is 0. The van der Waals surface area contributed by atoms with Gasteiger partial charge in [-0.25, -0.2) is 0 Å². The van der Waals surface area contributed by atoms with Crippen LogP contribution in [-0.4, -0.2) is 16.5 Å². The SMILES string of the molecule is CC(C)C(C)CNc1cc(N)nc(N)n1. The van der Waals surface area contributed by atoms with Crippen LogP contribution in [0.25, 0.3) is 0 Å². The minimum absolute atomic E-state index is 0.203. The van der Waals surface area contributed by atoms with E-state index in [-0.39, 0.29) is 5.95 Å². The molecule has 1 aromatic heterocycles. The summed E-state index contributed by atoms with van der Waals surface area (Å²) in [5.74, 6) is 2.49. The van der Waals surface area contributed by atoms with Crippen molar-refractivity contribution in [3.05, 3.63) is 6.07 Å². The smallest absolute Gasteiger partial charge is 0.223 e. The van der Waals surface area contributed by atoms with Gasteiger partial charge in [0, 0.05) is 12.6 Å².